The molecule has 0 N–H and O–H groups in total. The van der Waals surface area contributed by atoms with E-state index in [1.165, 1.54) is 6.07 Å². The number of benzene rings is 1. The van der Waals surface area contributed by atoms with Gasteiger partial charge in [0.1, 0.15) is 0 Å². The number of carbonyl (C=O) groups excluding carboxylic acids is 2. The third-order valence-electron chi connectivity index (χ3n) is 2.90. The molecule has 2 nitrogen and oxygen atoms in total. The van der Waals surface area contributed by atoms with E-state index in [1.807, 2.05) is 0 Å². The van der Waals surface area contributed by atoms with Gasteiger partial charge in [0.15, 0.2) is 5.78 Å². The molecular weight excluding hydrogens is 233 g/mol. The Hall–Kier alpha value is -1.65. The van der Waals surface area contributed by atoms with E-state index in [-0.39, 0.29) is 12.0 Å². The number of aryl methyl sites for hydroxylation is 1. The topological polar surface area (TPSA) is 34.1 Å². The van der Waals surface area contributed by atoms with Crippen LogP contribution in [0.15, 0.2) is 24.3 Å². The lowest BCUT2D eigenvalue weighted by Gasteiger charge is -2.22. The van der Waals surface area contributed by atoms with E-state index in [0.29, 0.717) is 12.0 Å². The summed E-state index contributed by atoms with van der Waals surface area (Å²) in [5, 5.41) is 0. The van der Waals surface area contributed by atoms with E-state index >= 15 is 0 Å². The summed E-state index contributed by atoms with van der Waals surface area (Å²) in [6, 6.07) is 6.46. The Bertz CT molecular complexity index is 477. The van der Waals surface area contributed by atoms with Gasteiger partial charge in [0.2, 0.25) is 5.78 Å². The van der Waals surface area contributed by atoms with Crippen molar-refractivity contribution in [2.24, 2.45) is 5.92 Å². The molecule has 1 aliphatic carbocycles. The molecule has 0 amide bonds. The van der Waals surface area contributed by atoms with Crippen LogP contribution < -0.4 is 0 Å². The summed E-state index contributed by atoms with van der Waals surface area (Å²) in [4.78, 5) is 22.9. The summed E-state index contributed by atoms with van der Waals surface area (Å²) >= 11 is 0. The van der Waals surface area contributed by atoms with Crippen LogP contribution in [0.3, 0.4) is 0 Å². The highest BCUT2D eigenvalue weighted by Gasteiger charge is 2.47. The van der Waals surface area contributed by atoms with Gasteiger partial charge in [-0.25, -0.2) is 0 Å². The standard InChI is InChI=1S/C12H9F3O2/c13-12(14,15)11(17)9-6-5-7-3-1-2-4-8(7)10(9)16/h1-4,9H,5-6H2/t9-/m0/s1. The first kappa shape index (κ1) is 11.8. The maximum Gasteiger partial charge on any atom is 0.450 e. The van der Waals surface area contributed by atoms with Gasteiger partial charge in [0.25, 0.3) is 0 Å². The predicted octanol–water partition coefficient (Wildman–Crippen LogP) is 2.56. The van der Waals surface area contributed by atoms with E-state index in [4.69, 9.17) is 0 Å². The highest BCUT2D eigenvalue weighted by atomic mass is 19.4. The number of halogens is 3. The fraction of sp³-hybridized carbons (Fsp3) is 0.333. The first-order chi connectivity index (χ1) is 7.91. The van der Waals surface area contributed by atoms with Crippen LogP contribution in [0.2, 0.25) is 0 Å². The number of hydrogen-bond donors (Lipinski definition) is 0. The smallest absolute Gasteiger partial charge is 0.293 e. The maximum atomic E-state index is 12.3. The SMILES string of the molecule is O=C1c2ccccc2CC[C@@H]1C(=O)C(F)(F)F. The van der Waals surface area contributed by atoms with Gasteiger partial charge in [-0.05, 0) is 18.4 Å². The van der Waals surface area contributed by atoms with Crippen molar-refractivity contribution in [2.45, 2.75) is 19.0 Å². The number of rotatable bonds is 1. The highest BCUT2D eigenvalue weighted by molar-refractivity contribution is 6.13. The third-order valence-corrected chi connectivity index (χ3v) is 2.90. The van der Waals surface area contributed by atoms with E-state index in [2.05, 4.69) is 0 Å². The molecule has 0 heterocycles. The second-order valence-corrected chi connectivity index (χ2v) is 3.97. The second kappa shape index (κ2) is 3.98. The Morgan fingerprint density at radius 1 is 1.24 bits per heavy atom. The van der Waals surface area contributed by atoms with Crippen molar-refractivity contribution in [2.75, 3.05) is 0 Å². The zero-order valence-electron chi connectivity index (χ0n) is 8.75. The number of fused-ring (bicyclic) bond motifs is 1. The van der Waals surface area contributed by atoms with Crippen molar-refractivity contribution < 1.29 is 22.8 Å². The Morgan fingerprint density at radius 3 is 2.53 bits per heavy atom. The molecule has 1 aliphatic rings. The van der Waals surface area contributed by atoms with Crippen molar-refractivity contribution in [3.05, 3.63) is 35.4 Å². The van der Waals surface area contributed by atoms with Gasteiger partial charge >= 0.3 is 6.18 Å². The maximum absolute atomic E-state index is 12.3. The molecule has 0 unspecified atom stereocenters. The average molecular weight is 242 g/mol. The highest BCUT2D eigenvalue weighted by Crippen LogP contribution is 2.31. The summed E-state index contributed by atoms with van der Waals surface area (Å²) in [6.45, 7) is 0. The number of ketones is 2. The van der Waals surface area contributed by atoms with Crippen LogP contribution in [0.25, 0.3) is 0 Å². The molecule has 5 heteroatoms. The summed E-state index contributed by atoms with van der Waals surface area (Å²) in [5.41, 5.74) is 0.949. The van der Waals surface area contributed by atoms with Gasteiger partial charge in [-0.3, -0.25) is 9.59 Å². The minimum atomic E-state index is -4.94. The summed E-state index contributed by atoms with van der Waals surface area (Å²) in [6.07, 6.45) is -4.67. The molecule has 0 fully saturated rings. The van der Waals surface area contributed by atoms with Crippen molar-refractivity contribution >= 4 is 11.6 Å². The van der Waals surface area contributed by atoms with Gasteiger partial charge in [-0.1, -0.05) is 24.3 Å². The molecule has 90 valence electrons. The first-order valence-corrected chi connectivity index (χ1v) is 5.14. The molecule has 0 aromatic heterocycles. The summed E-state index contributed by atoms with van der Waals surface area (Å²) in [7, 11) is 0. The van der Waals surface area contributed by atoms with Gasteiger partial charge < -0.3 is 0 Å². The van der Waals surface area contributed by atoms with Gasteiger partial charge in [0, 0.05) is 5.56 Å². The van der Waals surface area contributed by atoms with Crippen molar-refractivity contribution in [3.63, 3.8) is 0 Å². The van der Waals surface area contributed by atoms with E-state index in [0.717, 1.165) is 0 Å². The molecule has 0 saturated carbocycles. The van der Waals surface area contributed by atoms with Crippen molar-refractivity contribution in [1.29, 1.82) is 0 Å². The minimum absolute atomic E-state index is 0.0613. The predicted molar refractivity (Wildman–Crippen MR) is 53.6 cm³/mol. The summed E-state index contributed by atoms with van der Waals surface area (Å²) in [5.74, 6) is -4.21. The molecule has 1 aromatic rings. The Morgan fingerprint density at radius 2 is 1.88 bits per heavy atom. The number of hydrogen-bond acceptors (Lipinski definition) is 2. The molecule has 0 saturated heterocycles. The monoisotopic (exact) mass is 242 g/mol. The van der Waals surface area contributed by atoms with E-state index in [1.54, 1.807) is 18.2 Å². The van der Waals surface area contributed by atoms with E-state index < -0.39 is 23.7 Å². The molecule has 0 radical (unpaired) electrons. The molecule has 0 spiro atoms. The molecule has 1 aromatic carbocycles. The fourth-order valence-corrected chi connectivity index (χ4v) is 2.05. The largest absolute Gasteiger partial charge is 0.450 e. The normalized spacial score (nSPS) is 19.9. The van der Waals surface area contributed by atoms with Crippen LogP contribution in [0.1, 0.15) is 22.3 Å². The summed E-state index contributed by atoms with van der Waals surface area (Å²) < 4.78 is 36.8. The lowest BCUT2D eigenvalue weighted by molar-refractivity contribution is -0.174. The molecular formula is C12H9F3O2. The van der Waals surface area contributed by atoms with E-state index in [9.17, 15) is 22.8 Å². The number of carbonyl (C=O) groups is 2. The quantitative estimate of drug-likeness (QED) is 0.709. The van der Waals surface area contributed by atoms with Gasteiger partial charge in [0.05, 0.1) is 5.92 Å². The molecule has 0 aliphatic heterocycles. The lowest BCUT2D eigenvalue weighted by Crippen LogP contribution is -2.37. The Labute approximate surface area is 95.4 Å². The zero-order chi connectivity index (χ0) is 12.6. The minimum Gasteiger partial charge on any atom is -0.293 e. The van der Waals surface area contributed by atoms with Gasteiger partial charge in [-0.2, -0.15) is 13.2 Å². The molecule has 17 heavy (non-hydrogen) atoms. The zero-order valence-corrected chi connectivity index (χ0v) is 8.75. The molecule has 2 rings (SSSR count). The van der Waals surface area contributed by atoms with Crippen LogP contribution in [-0.4, -0.2) is 17.7 Å². The van der Waals surface area contributed by atoms with Crippen LogP contribution in [0, 0.1) is 5.92 Å². The molecule has 1 atom stereocenters. The third kappa shape index (κ3) is 2.09. The average Bonchev–Trinajstić information content (AvgIpc) is 2.28. The fourth-order valence-electron chi connectivity index (χ4n) is 2.05. The van der Waals surface area contributed by atoms with Crippen LogP contribution in [-0.2, 0) is 11.2 Å². The van der Waals surface area contributed by atoms with Gasteiger partial charge in [-0.15, -0.1) is 0 Å². The number of Topliss-reactive ketones (excluding diaryl/α,β-unsaturated/α-hetero) is 2. The lowest BCUT2D eigenvalue weighted by atomic mass is 9.80. The van der Waals surface area contributed by atoms with Crippen LogP contribution in [0.5, 0.6) is 0 Å². The van der Waals surface area contributed by atoms with Crippen LogP contribution in [0.4, 0.5) is 13.2 Å². The number of alkyl halides is 3. The van der Waals surface area contributed by atoms with Crippen molar-refractivity contribution in [1.82, 2.24) is 0 Å². The van der Waals surface area contributed by atoms with Crippen LogP contribution >= 0.6 is 0 Å². The molecule has 0 bridgehead atoms. The second-order valence-electron chi connectivity index (χ2n) is 3.97. The van der Waals surface area contributed by atoms with Crippen molar-refractivity contribution in [3.8, 4) is 0 Å². The Kier molecular flexibility index (Phi) is 2.77. The first-order valence-electron chi connectivity index (χ1n) is 5.14. The Balaban J connectivity index is 2.33.